The van der Waals surface area contributed by atoms with E-state index in [4.69, 9.17) is 11.5 Å². The highest BCUT2D eigenvalue weighted by atomic mass is 16.4. The molecule has 16 heavy (non-hydrogen) atoms. The molecule has 0 aliphatic rings. The van der Waals surface area contributed by atoms with Gasteiger partial charge < -0.3 is 10.4 Å². The van der Waals surface area contributed by atoms with Crippen molar-refractivity contribution >= 4 is 17.6 Å². The van der Waals surface area contributed by atoms with Crippen LogP contribution >= 0.6 is 0 Å². The van der Waals surface area contributed by atoms with Crippen molar-refractivity contribution in [1.29, 1.82) is 0 Å². The zero-order valence-corrected chi connectivity index (χ0v) is 8.56. The molecule has 1 aromatic carbocycles. The summed E-state index contributed by atoms with van der Waals surface area (Å²) >= 11 is 0. The second-order valence-corrected chi connectivity index (χ2v) is 3.13. The summed E-state index contributed by atoms with van der Waals surface area (Å²) in [5.41, 5.74) is 0.744. The molecule has 0 fully saturated rings. The van der Waals surface area contributed by atoms with E-state index < -0.39 is 5.97 Å². The van der Waals surface area contributed by atoms with Crippen LogP contribution in [0, 0.1) is 12.3 Å². The average Bonchev–Trinajstić information content (AvgIpc) is 2.27. The van der Waals surface area contributed by atoms with Crippen LogP contribution in [0.25, 0.3) is 0 Å². The zero-order valence-electron chi connectivity index (χ0n) is 8.56. The molecule has 82 valence electrons. The maximum Gasteiger partial charge on any atom is 0.335 e. The van der Waals surface area contributed by atoms with Gasteiger partial charge in [-0.2, -0.15) is 0 Å². The quantitative estimate of drug-likeness (QED) is 0.755. The van der Waals surface area contributed by atoms with Gasteiger partial charge in [0, 0.05) is 18.5 Å². The number of carboxylic acid groups (broad SMARTS) is 1. The Kier molecular flexibility index (Phi) is 4.10. The molecule has 1 rings (SSSR count). The van der Waals surface area contributed by atoms with E-state index in [1.54, 1.807) is 0 Å². The van der Waals surface area contributed by atoms with Crippen LogP contribution in [0.1, 0.15) is 23.2 Å². The highest BCUT2D eigenvalue weighted by molar-refractivity contribution is 5.92. The Morgan fingerprint density at radius 2 is 1.94 bits per heavy atom. The summed E-state index contributed by atoms with van der Waals surface area (Å²) in [5.74, 6) is 1.20. The molecule has 0 radical (unpaired) electrons. The van der Waals surface area contributed by atoms with Crippen molar-refractivity contribution in [3.63, 3.8) is 0 Å². The van der Waals surface area contributed by atoms with Gasteiger partial charge in [0.05, 0.1) is 5.56 Å². The molecule has 0 bridgehead atoms. The Labute approximate surface area is 93.3 Å². The van der Waals surface area contributed by atoms with Crippen molar-refractivity contribution in [2.75, 3.05) is 5.32 Å². The third-order valence-corrected chi connectivity index (χ3v) is 1.91. The first-order valence-corrected chi connectivity index (χ1v) is 4.70. The molecule has 0 heterocycles. The number of carbonyl (C=O) groups excluding carboxylic acids is 1. The molecule has 0 aliphatic carbocycles. The number of rotatable bonds is 4. The number of hydrogen-bond donors (Lipinski definition) is 2. The number of aromatic carboxylic acids is 1. The van der Waals surface area contributed by atoms with E-state index in [1.807, 2.05) is 0 Å². The maximum atomic E-state index is 11.3. The van der Waals surface area contributed by atoms with Crippen LogP contribution in [0.15, 0.2) is 24.3 Å². The van der Waals surface area contributed by atoms with Crippen LogP contribution in [0.3, 0.4) is 0 Å². The number of nitrogens with one attached hydrogen (secondary N) is 1. The lowest BCUT2D eigenvalue weighted by molar-refractivity contribution is -0.116. The minimum absolute atomic E-state index is 0.180. The molecule has 2 N–H and O–H groups in total. The minimum atomic E-state index is -0.995. The summed E-state index contributed by atoms with van der Waals surface area (Å²) in [4.78, 5) is 21.8. The van der Waals surface area contributed by atoms with Gasteiger partial charge in [-0.1, -0.05) is 0 Å². The van der Waals surface area contributed by atoms with Crippen molar-refractivity contribution in [2.24, 2.45) is 0 Å². The largest absolute Gasteiger partial charge is 0.478 e. The number of hydrogen-bond acceptors (Lipinski definition) is 2. The van der Waals surface area contributed by atoms with Gasteiger partial charge in [0.25, 0.3) is 0 Å². The van der Waals surface area contributed by atoms with Crippen LogP contribution in [0.4, 0.5) is 5.69 Å². The summed E-state index contributed by atoms with van der Waals surface area (Å²) in [6, 6.07) is 5.94. The molecule has 1 aromatic rings. The second kappa shape index (κ2) is 5.56. The van der Waals surface area contributed by atoms with E-state index in [9.17, 15) is 9.59 Å². The Morgan fingerprint density at radius 1 is 1.31 bits per heavy atom. The van der Waals surface area contributed by atoms with Gasteiger partial charge in [0.2, 0.25) is 5.91 Å². The van der Waals surface area contributed by atoms with Gasteiger partial charge in [-0.05, 0) is 24.3 Å². The fourth-order valence-corrected chi connectivity index (χ4v) is 1.11. The van der Waals surface area contributed by atoms with Crippen LogP contribution < -0.4 is 5.32 Å². The third-order valence-electron chi connectivity index (χ3n) is 1.91. The van der Waals surface area contributed by atoms with E-state index in [0.29, 0.717) is 12.1 Å². The minimum Gasteiger partial charge on any atom is -0.478 e. The van der Waals surface area contributed by atoms with Crippen LogP contribution in [0.5, 0.6) is 0 Å². The SMILES string of the molecule is C#CCCC(=O)Nc1ccc(C(=O)O)cc1. The summed E-state index contributed by atoms with van der Waals surface area (Å²) in [6.45, 7) is 0. The van der Waals surface area contributed by atoms with Gasteiger partial charge in [-0.3, -0.25) is 4.79 Å². The number of anilines is 1. The number of carbonyl (C=O) groups is 2. The Balaban J connectivity index is 2.59. The first kappa shape index (κ1) is 11.8. The first-order valence-electron chi connectivity index (χ1n) is 4.70. The molecule has 4 nitrogen and oxygen atoms in total. The molecule has 0 aromatic heterocycles. The zero-order chi connectivity index (χ0) is 12.0. The van der Waals surface area contributed by atoms with Crippen molar-refractivity contribution in [2.45, 2.75) is 12.8 Å². The Bertz CT molecular complexity index is 429. The number of terminal acetylenes is 1. The van der Waals surface area contributed by atoms with Crippen molar-refractivity contribution in [3.8, 4) is 12.3 Å². The van der Waals surface area contributed by atoms with Gasteiger partial charge in [-0.25, -0.2) is 4.79 Å². The normalized spacial score (nSPS) is 9.19. The molecule has 1 amide bonds. The summed E-state index contributed by atoms with van der Waals surface area (Å²) < 4.78 is 0. The first-order chi connectivity index (χ1) is 7.63. The maximum absolute atomic E-state index is 11.3. The fraction of sp³-hybridized carbons (Fsp3) is 0.167. The standard InChI is InChI=1S/C12H11NO3/c1-2-3-4-11(14)13-10-7-5-9(6-8-10)12(15)16/h1,5-8H,3-4H2,(H,13,14)(H,15,16). The average molecular weight is 217 g/mol. The van der Waals surface area contributed by atoms with Gasteiger partial charge in [0.15, 0.2) is 0 Å². The predicted octanol–water partition coefficient (Wildman–Crippen LogP) is 1.74. The van der Waals surface area contributed by atoms with Crippen molar-refractivity contribution in [1.82, 2.24) is 0 Å². The van der Waals surface area contributed by atoms with Crippen LogP contribution in [-0.2, 0) is 4.79 Å². The van der Waals surface area contributed by atoms with E-state index in [0.717, 1.165) is 0 Å². The van der Waals surface area contributed by atoms with E-state index >= 15 is 0 Å². The van der Waals surface area contributed by atoms with Crippen molar-refractivity contribution in [3.05, 3.63) is 29.8 Å². The lowest BCUT2D eigenvalue weighted by atomic mass is 10.2. The summed E-state index contributed by atoms with van der Waals surface area (Å²) in [6.07, 6.45) is 5.68. The molecule has 0 unspecified atom stereocenters. The van der Waals surface area contributed by atoms with Crippen LogP contribution in [0.2, 0.25) is 0 Å². The van der Waals surface area contributed by atoms with E-state index in [2.05, 4.69) is 11.2 Å². The molecular formula is C12H11NO3. The fourth-order valence-electron chi connectivity index (χ4n) is 1.11. The Morgan fingerprint density at radius 3 is 2.44 bits per heavy atom. The predicted molar refractivity (Wildman–Crippen MR) is 60.1 cm³/mol. The molecule has 4 heteroatoms. The molecule has 0 atom stereocenters. The highest BCUT2D eigenvalue weighted by Crippen LogP contribution is 2.10. The van der Waals surface area contributed by atoms with Crippen LogP contribution in [-0.4, -0.2) is 17.0 Å². The second-order valence-electron chi connectivity index (χ2n) is 3.13. The molecule has 0 aliphatic heterocycles. The van der Waals surface area contributed by atoms with Gasteiger partial charge in [-0.15, -0.1) is 12.3 Å². The molecule has 0 saturated carbocycles. The summed E-state index contributed by atoms with van der Waals surface area (Å²) in [5, 5.41) is 11.3. The van der Waals surface area contributed by atoms with E-state index in [-0.39, 0.29) is 17.9 Å². The van der Waals surface area contributed by atoms with Gasteiger partial charge >= 0.3 is 5.97 Å². The molecular weight excluding hydrogens is 206 g/mol. The van der Waals surface area contributed by atoms with Gasteiger partial charge in [0.1, 0.15) is 0 Å². The third kappa shape index (κ3) is 3.46. The number of benzene rings is 1. The highest BCUT2D eigenvalue weighted by Gasteiger charge is 2.03. The molecule has 0 spiro atoms. The monoisotopic (exact) mass is 217 g/mol. The lowest BCUT2D eigenvalue weighted by Gasteiger charge is -2.03. The molecule has 0 saturated heterocycles. The van der Waals surface area contributed by atoms with Crippen molar-refractivity contribution < 1.29 is 14.7 Å². The smallest absolute Gasteiger partial charge is 0.335 e. The number of carboxylic acids is 1. The Hall–Kier alpha value is -2.28. The number of amides is 1. The van der Waals surface area contributed by atoms with E-state index in [1.165, 1.54) is 24.3 Å². The lowest BCUT2D eigenvalue weighted by Crippen LogP contribution is -2.10. The topological polar surface area (TPSA) is 66.4 Å². The summed E-state index contributed by atoms with van der Waals surface area (Å²) in [7, 11) is 0.